The van der Waals surface area contributed by atoms with Crippen LogP contribution in [0.1, 0.15) is 0 Å². The Bertz CT molecular complexity index is 470. The van der Waals surface area contributed by atoms with Crippen LogP contribution in [-0.2, 0) is 0 Å². The summed E-state index contributed by atoms with van der Waals surface area (Å²) < 4.78 is 25.8. The molecule has 0 spiro atoms. The summed E-state index contributed by atoms with van der Waals surface area (Å²) in [6.07, 6.45) is 0.951. The Morgan fingerprint density at radius 1 is 1.43 bits per heavy atom. The minimum atomic E-state index is -0.723. The van der Waals surface area contributed by atoms with Crippen LogP contribution >= 0.6 is 22.9 Å². The van der Waals surface area contributed by atoms with Crippen LogP contribution in [-0.4, -0.2) is 4.98 Å². The second-order valence-corrected chi connectivity index (χ2v) is 3.60. The molecule has 2 rings (SSSR count). The van der Waals surface area contributed by atoms with Crippen LogP contribution in [0, 0.1) is 17.0 Å². The Morgan fingerprint density at radius 2 is 2.21 bits per heavy atom. The lowest BCUT2D eigenvalue weighted by Crippen LogP contribution is -1.89. The maximum Gasteiger partial charge on any atom is 0.152 e. The first-order valence-electron chi connectivity index (χ1n) is 3.64. The summed E-state index contributed by atoms with van der Waals surface area (Å²) in [5.74, 6) is -1.43. The first-order valence-corrected chi connectivity index (χ1v) is 4.90. The summed E-state index contributed by atoms with van der Waals surface area (Å²) in [4.78, 5) is 3.63. The summed E-state index contributed by atoms with van der Waals surface area (Å²) in [6, 6.07) is 0.774. The topological polar surface area (TPSA) is 12.9 Å². The molecule has 0 aliphatic carbocycles. The van der Waals surface area contributed by atoms with Crippen LogP contribution in [0.25, 0.3) is 11.3 Å². The fraction of sp³-hybridized carbons (Fsp3) is 0. The van der Waals surface area contributed by atoms with Crippen molar-refractivity contribution in [2.24, 2.45) is 0 Å². The maximum atomic E-state index is 13.2. The van der Waals surface area contributed by atoms with Crippen LogP contribution in [0.3, 0.4) is 0 Å². The van der Waals surface area contributed by atoms with Gasteiger partial charge in [-0.1, -0.05) is 11.6 Å². The summed E-state index contributed by atoms with van der Waals surface area (Å²) in [6.45, 7) is 0. The van der Waals surface area contributed by atoms with Crippen molar-refractivity contribution in [3.63, 3.8) is 0 Å². The van der Waals surface area contributed by atoms with E-state index in [4.69, 9.17) is 11.6 Å². The Morgan fingerprint density at radius 3 is 2.79 bits per heavy atom. The quantitative estimate of drug-likeness (QED) is 0.730. The Hall–Kier alpha value is -1.00. The van der Waals surface area contributed by atoms with Crippen molar-refractivity contribution in [1.82, 2.24) is 4.98 Å². The number of pyridine rings is 1. The molecular weight excluding hydrogens is 228 g/mol. The number of hydrogen-bond acceptors (Lipinski definition) is 2. The van der Waals surface area contributed by atoms with Gasteiger partial charge in [-0.05, 0) is 0 Å². The summed E-state index contributed by atoms with van der Waals surface area (Å²) in [5, 5.41) is 4.63. The van der Waals surface area contributed by atoms with Crippen molar-refractivity contribution in [3.8, 4) is 11.3 Å². The molecular formula is C9H3ClF2NS. The molecule has 71 valence electrons. The van der Waals surface area contributed by atoms with E-state index in [0.29, 0.717) is 10.6 Å². The first kappa shape index (κ1) is 9.55. The highest BCUT2D eigenvalue weighted by molar-refractivity contribution is 7.08. The van der Waals surface area contributed by atoms with Gasteiger partial charge < -0.3 is 0 Å². The molecule has 0 unspecified atom stereocenters. The smallest absolute Gasteiger partial charge is 0.152 e. The number of thiophene rings is 1. The molecule has 0 N–H and O–H groups in total. The third-order valence-electron chi connectivity index (χ3n) is 1.62. The lowest BCUT2D eigenvalue weighted by atomic mass is 10.2. The molecule has 0 bridgehead atoms. The van der Waals surface area contributed by atoms with Crippen molar-refractivity contribution in [2.45, 2.75) is 0 Å². The SMILES string of the molecule is Fc1cnc(-c2cs[c]c2Cl)c(F)c1. The van der Waals surface area contributed by atoms with Gasteiger partial charge in [-0.15, -0.1) is 11.3 Å². The van der Waals surface area contributed by atoms with Crippen LogP contribution in [0.4, 0.5) is 8.78 Å². The predicted molar refractivity (Wildman–Crippen MR) is 51.3 cm³/mol. The molecule has 1 radical (unpaired) electrons. The standard InChI is InChI=1S/C9H3ClF2NS/c10-7-4-14-3-6(7)9-8(12)1-5(11)2-13-9/h1-3H. The van der Waals surface area contributed by atoms with Crippen LogP contribution in [0.2, 0.25) is 5.02 Å². The summed E-state index contributed by atoms with van der Waals surface area (Å²) >= 11 is 6.96. The Kier molecular flexibility index (Phi) is 2.48. The largest absolute Gasteiger partial charge is 0.250 e. The average molecular weight is 231 g/mol. The maximum absolute atomic E-state index is 13.2. The molecule has 14 heavy (non-hydrogen) atoms. The zero-order valence-corrected chi connectivity index (χ0v) is 8.29. The van der Waals surface area contributed by atoms with Gasteiger partial charge in [0.25, 0.3) is 0 Å². The lowest BCUT2D eigenvalue weighted by Gasteiger charge is -1.99. The molecule has 2 heterocycles. The van der Waals surface area contributed by atoms with E-state index in [9.17, 15) is 8.78 Å². The third kappa shape index (κ3) is 1.63. The van der Waals surface area contributed by atoms with Gasteiger partial charge in [0.05, 0.1) is 16.6 Å². The highest BCUT2D eigenvalue weighted by Crippen LogP contribution is 2.30. The molecule has 0 aliphatic rings. The fourth-order valence-corrected chi connectivity index (χ4v) is 1.98. The lowest BCUT2D eigenvalue weighted by molar-refractivity contribution is 0.576. The second-order valence-electron chi connectivity index (χ2n) is 2.55. The number of nitrogens with zero attached hydrogens (tertiary/aromatic N) is 1. The van der Waals surface area contributed by atoms with E-state index in [1.54, 1.807) is 5.38 Å². The highest BCUT2D eigenvalue weighted by atomic mass is 35.5. The van der Waals surface area contributed by atoms with Gasteiger partial charge in [-0.3, -0.25) is 4.98 Å². The number of rotatable bonds is 1. The molecule has 0 fully saturated rings. The molecule has 0 amide bonds. The molecule has 0 saturated heterocycles. The normalized spacial score (nSPS) is 10.5. The van der Waals surface area contributed by atoms with Gasteiger partial charge in [0, 0.05) is 17.0 Å². The van der Waals surface area contributed by atoms with Crippen LogP contribution in [0.15, 0.2) is 17.6 Å². The van der Waals surface area contributed by atoms with Crippen molar-refractivity contribution in [3.05, 3.63) is 39.7 Å². The van der Waals surface area contributed by atoms with Gasteiger partial charge in [0.1, 0.15) is 11.5 Å². The van der Waals surface area contributed by atoms with E-state index >= 15 is 0 Å². The molecule has 0 aliphatic heterocycles. The van der Waals surface area contributed by atoms with Gasteiger partial charge in [0.2, 0.25) is 0 Å². The van der Waals surface area contributed by atoms with Crippen molar-refractivity contribution < 1.29 is 8.78 Å². The third-order valence-corrected chi connectivity index (χ3v) is 2.71. The van der Waals surface area contributed by atoms with E-state index in [2.05, 4.69) is 10.4 Å². The zero-order valence-electron chi connectivity index (χ0n) is 6.72. The average Bonchev–Trinajstić information content (AvgIpc) is 2.52. The van der Waals surface area contributed by atoms with E-state index in [1.165, 1.54) is 11.3 Å². The van der Waals surface area contributed by atoms with Crippen molar-refractivity contribution in [2.75, 3.05) is 0 Å². The number of halogens is 3. The minimum Gasteiger partial charge on any atom is -0.250 e. The molecule has 1 nitrogen and oxygen atoms in total. The molecule has 0 atom stereocenters. The molecule has 0 aromatic carbocycles. The molecule has 0 saturated carbocycles. The van der Waals surface area contributed by atoms with Crippen LogP contribution in [0.5, 0.6) is 0 Å². The van der Waals surface area contributed by atoms with E-state index in [1.807, 2.05) is 0 Å². The molecule has 2 aromatic rings. The van der Waals surface area contributed by atoms with Crippen LogP contribution < -0.4 is 0 Å². The van der Waals surface area contributed by atoms with E-state index < -0.39 is 11.6 Å². The Labute approximate surface area is 88.0 Å². The van der Waals surface area contributed by atoms with E-state index in [-0.39, 0.29) is 5.69 Å². The highest BCUT2D eigenvalue weighted by Gasteiger charge is 2.12. The van der Waals surface area contributed by atoms with Crippen molar-refractivity contribution in [1.29, 1.82) is 0 Å². The monoisotopic (exact) mass is 230 g/mol. The molecule has 5 heteroatoms. The number of aromatic nitrogens is 1. The summed E-state index contributed by atoms with van der Waals surface area (Å²) in [7, 11) is 0. The fourth-order valence-electron chi connectivity index (χ4n) is 1.02. The van der Waals surface area contributed by atoms with Gasteiger partial charge in [-0.2, -0.15) is 0 Å². The minimum absolute atomic E-state index is 0.0499. The van der Waals surface area contributed by atoms with Gasteiger partial charge in [-0.25, -0.2) is 8.78 Å². The predicted octanol–water partition coefficient (Wildman–Crippen LogP) is 3.54. The molecule has 2 aromatic heterocycles. The van der Waals surface area contributed by atoms with Crippen molar-refractivity contribution >= 4 is 22.9 Å². The summed E-state index contributed by atoms with van der Waals surface area (Å²) in [5.41, 5.74) is 0.489. The van der Waals surface area contributed by atoms with Gasteiger partial charge >= 0.3 is 0 Å². The second kappa shape index (κ2) is 3.63. The van der Waals surface area contributed by atoms with E-state index in [0.717, 1.165) is 12.3 Å². The Balaban J connectivity index is 2.58. The van der Waals surface area contributed by atoms with Gasteiger partial charge in [0.15, 0.2) is 5.82 Å². The first-order chi connectivity index (χ1) is 6.68. The number of hydrogen-bond donors (Lipinski definition) is 0. The zero-order chi connectivity index (χ0) is 10.1.